The molecule has 0 radical (unpaired) electrons. The molecule has 2 N–H and O–H groups in total. The molecule has 1 aliphatic rings. The second-order valence-corrected chi connectivity index (χ2v) is 11.2. The van der Waals surface area contributed by atoms with Crippen LogP contribution in [0, 0.1) is 0 Å². The zero-order valence-electron chi connectivity index (χ0n) is 20.0. The van der Waals surface area contributed by atoms with E-state index in [2.05, 4.69) is 67.6 Å². The van der Waals surface area contributed by atoms with Crippen molar-refractivity contribution in [3.05, 3.63) is 66.4 Å². The van der Waals surface area contributed by atoms with Gasteiger partial charge in [-0.3, -0.25) is 4.79 Å². The molecule has 33 heavy (non-hydrogen) atoms. The van der Waals surface area contributed by atoms with Crippen LogP contribution in [0.1, 0.15) is 57.8 Å². The first-order chi connectivity index (χ1) is 15.6. The lowest BCUT2D eigenvalue weighted by Gasteiger charge is -2.46. The Kier molecular flexibility index (Phi) is 6.59. The summed E-state index contributed by atoms with van der Waals surface area (Å²) in [5.74, 6) is 0.755. The van der Waals surface area contributed by atoms with Gasteiger partial charge in [-0.15, -0.1) is 0 Å². The maximum Gasteiger partial charge on any atom is 0.223 e. The van der Waals surface area contributed by atoms with Crippen LogP contribution in [0.3, 0.4) is 0 Å². The Hall–Kier alpha value is -2.70. The average molecular weight is 461 g/mol. The van der Waals surface area contributed by atoms with E-state index in [-0.39, 0.29) is 16.9 Å². The van der Waals surface area contributed by atoms with Crippen molar-refractivity contribution in [1.29, 1.82) is 0 Å². The molecule has 2 heterocycles. The minimum Gasteiger partial charge on any atom is -0.351 e. The van der Waals surface area contributed by atoms with Crippen LogP contribution in [-0.2, 0) is 0 Å². The Labute approximate surface area is 200 Å². The average Bonchev–Trinajstić information content (AvgIpc) is 2.72. The molecular formula is C27H32N4OS. The lowest BCUT2D eigenvalue weighted by atomic mass is 9.80. The van der Waals surface area contributed by atoms with E-state index in [1.807, 2.05) is 36.5 Å². The quantitative estimate of drug-likeness (QED) is 0.336. The first kappa shape index (κ1) is 23.5. The molecule has 0 bridgehead atoms. The molecular weight excluding hydrogens is 428 g/mol. The van der Waals surface area contributed by atoms with Crippen molar-refractivity contribution in [3.8, 4) is 11.1 Å². The molecule has 5 nitrogen and oxygen atoms in total. The van der Waals surface area contributed by atoms with E-state index < -0.39 is 0 Å². The third-order valence-corrected chi connectivity index (χ3v) is 6.78. The minimum absolute atomic E-state index is 0.0669. The zero-order valence-corrected chi connectivity index (χ0v) is 20.8. The van der Waals surface area contributed by atoms with Crippen molar-refractivity contribution < 1.29 is 4.79 Å². The molecule has 4 rings (SSSR count). The van der Waals surface area contributed by atoms with Gasteiger partial charge in [0.15, 0.2) is 5.78 Å². The summed E-state index contributed by atoms with van der Waals surface area (Å²) in [4.78, 5) is 22.0. The van der Waals surface area contributed by atoms with Gasteiger partial charge in [0.1, 0.15) is 5.03 Å². The van der Waals surface area contributed by atoms with Gasteiger partial charge in [0, 0.05) is 33.8 Å². The smallest absolute Gasteiger partial charge is 0.223 e. The van der Waals surface area contributed by atoms with Crippen molar-refractivity contribution in [3.63, 3.8) is 0 Å². The fraction of sp³-hybridized carbons (Fsp3) is 0.370. The van der Waals surface area contributed by atoms with E-state index >= 15 is 0 Å². The van der Waals surface area contributed by atoms with Gasteiger partial charge in [-0.1, -0.05) is 42.1 Å². The normalized spacial score (nSPS) is 17.5. The van der Waals surface area contributed by atoms with Crippen LogP contribution in [0.15, 0.2) is 70.7 Å². The second kappa shape index (κ2) is 9.27. The summed E-state index contributed by atoms with van der Waals surface area (Å²) in [5.41, 5.74) is 2.99. The van der Waals surface area contributed by atoms with E-state index in [0.717, 1.165) is 39.5 Å². The Morgan fingerprint density at radius 2 is 1.70 bits per heavy atom. The highest BCUT2D eigenvalue weighted by molar-refractivity contribution is 7.99. The van der Waals surface area contributed by atoms with E-state index in [0.29, 0.717) is 12.0 Å². The van der Waals surface area contributed by atoms with Gasteiger partial charge < -0.3 is 10.6 Å². The van der Waals surface area contributed by atoms with Gasteiger partial charge in [-0.05, 0) is 82.9 Å². The van der Waals surface area contributed by atoms with Crippen molar-refractivity contribution in [2.45, 2.75) is 74.5 Å². The molecule has 0 unspecified atom stereocenters. The SMILES string of the molecule is CC(=O)c1cccc(-c2ccc(Sc3ccnc(NC4CC(C)(C)NC(C)(C)C4)n3)cc2)c1. The van der Waals surface area contributed by atoms with Crippen molar-refractivity contribution in [2.24, 2.45) is 0 Å². The Bertz CT molecular complexity index is 1120. The number of hydrogen-bond donors (Lipinski definition) is 2. The predicted molar refractivity (Wildman–Crippen MR) is 136 cm³/mol. The molecule has 0 saturated carbocycles. The molecule has 1 saturated heterocycles. The molecule has 1 fully saturated rings. The molecule has 0 atom stereocenters. The number of ketones is 1. The highest BCUT2D eigenvalue weighted by Gasteiger charge is 2.37. The van der Waals surface area contributed by atoms with Crippen LogP contribution in [-0.4, -0.2) is 32.9 Å². The van der Waals surface area contributed by atoms with Crippen molar-refractivity contribution >= 4 is 23.5 Å². The standard InChI is InChI=1S/C27H32N4OS/c1-18(32)20-7-6-8-21(15-20)19-9-11-23(12-10-19)33-24-13-14-28-25(30-24)29-22-16-26(2,3)31-27(4,5)17-22/h6-15,22,31H,16-17H2,1-5H3,(H,28,29,30). The fourth-order valence-electron chi connectivity index (χ4n) is 4.83. The van der Waals surface area contributed by atoms with E-state index in [1.165, 1.54) is 0 Å². The maximum absolute atomic E-state index is 11.7. The van der Waals surface area contributed by atoms with Gasteiger partial charge >= 0.3 is 0 Å². The minimum atomic E-state index is 0.0669. The molecule has 6 heteroatoms. The molecule has 0 amide bonds. The lowest BCUT2D eigenvalue weighted by molar-refractivity contribution is 0.101. The summed E-state index contributed by atoms with van der Waals surface area (Å²) in [6.45, 7) is 10.6. The van der Waals surface area contributed by atoms with Gasteiger partial charge in [-0.25, -0.2) is 9.97 Å². The van der Waals surface area contributed by atoms with Gasteiger partial charge in [0.25, 0.3) is 0 Å². The summed E-state index contributed by atoms with van der Waals surface area (Å²) < 4.78 is 0. The second-order valence-electron chi connectivity index (χ2n) is 10.1. The van der Waals surface area contributed by atoms with Crippen LogP contribution >= 0.6 is 11.8 Å². The van der Waals surface area contributed by atoms with Gasteiger partial charge in [0.05, 0.1) is 0 Å². The van der Waals surface area contributed by atoms with E-state index in [1.54, 1.807) is 18.7 Å². The monoisotopic (exact) mass is 460 g/mol. The van der Waals surface area contributed by atoms with Crippen LogP contribution in [0.2, 0.25) is 0 Å². The maximum atomic E-state index is 11.7. The largest absolute Gasteiger partial charge is 0.351 e. The highest BCUT2D eigenvalue weighted by atomic mass is 32.2. The third kappa shape index (κ3) is 6.21. The molecule has 0 spiro atoms. The molecule has 1 aliphatic heterocycles. The highest BCUT2D eigenvalue weighted by Crippen LogP contribution is 2.32. The van der Waals surface area contributed by atoms with E-state index in [4.69, 9.17) is 4.98 Å². The Morgan fingerprint density at radius 3 is 2.36 bits per heavy atom. The fourth-order valence-corrected chi connectivity index (χ4v) is 5.60. The first-order valence-electron chi connectivity index (χ1n) is 11.4. The Balaban J connectivity index is 1.44. The number of carbonyl (C=O) groups excluding carboxylic acids is 1. The number of Topliss-reactive ketones (excluding diaryl/α,β-unsaturated/α-hetero) is 1. The van der Waals surface area contributed by atoms with Crippen molar-refractivity contribution in [2.75, 3.05) is 5.32 Å². The predicted octanol–water partition coefficient (Wildman–Crippen LogP) is 6.22. The van der Waals surface area contributed by atoms with Crippen LogP contribution in [0.25, 0.3) is 11.1 Å². The molecule has 172 valence electrons. The molecule has 3 aromatic rings. The molecule has 0 aliphatic carbocycles. The van der Waals surface area contributed by atoms with Crippen LogP contribution in [0.4, 0.5) is 5.95 Å². The summed E-state index contributed by atoms with van der Waals surface area (Å²) in [7, 11) is 0. The summed E-state index contributed by atoms with van der Waals surface area (Å²) in [6, 6.07) is 18.4. The summed E-state index contributed by atoms with van der Waals surface area (Å²) >= 11 is 1.62. The lowest BCUT2D eigenvalue weighted by Crippen LogP contribution is -2.60. The van der Waals surface area contributed by atoms with Crippen LogP contribution in [0.5, 0.6) is 0 Å². The number of rotatable bonds is 6. The number of nitrogens with one attached hydrogen (secondary N) is 2. The number of benzene rings is 2. The molecule has 2 aromatic carbocycles. The number of piperidine rings is 1. The summed E-state index contributed by atoms with van der Waals surface area (Å²) in [6.07, 6.45) is 3.85. The van der Waals surface area contributed by atoms with Crippen LogP contribution < -0.4 is 10.6 Å². The number of anilines is 1. The molecule has 1 aromatic heterocycles. The zero-order chi connectivity index (χ0) is 23.6. The number of carbonyl (C=O) groups is 1. The van der Waals surface area contributed by atoms with Gasteiger partial charge in [-0.2, -0.15) is 0 Å². The van der Waals surface area contributed by atoms with Gasteiger partial charge in [0.2, 0.25) is 5.95 Å². The Morgan fingerprint density at radius 1 is 1.00 bits per heavy atom. The van der Waals surface area contributed by atoms with Crippen molar-refractivity contribution in [1.82, 2.24) is 15.3 Å². The first-order valence-corrected chi connectivity index (χ1v) is 12.2. The van der Waals surface area contributed by atoms with E-state index in [9.17, 15) is 4.79 Å². The summed E-state index contributed by atoms with van der Waals surface area (Å²) in [5, 5.41) is 8.18. The number of nitrogens with zero attached hydrogens (tertiary/aromatic N) is 2. The number of hydrogen-bond acceptors (Lipinski definition) is 6. The topological polar surface area (TPSA) is 66.9 Å². The third-order valence-electron chi connectivity index (χ3n) is 5.83. The number of aromatic nitrogens is 2.